The highest BCUT2D eigenvalue weighted by atomic mass is 16.5. The number of carbonyl (C=O) groups is 2. The highest BCUT2D eigenvalue weighted by Gasteiger charge is 2.23. The number of benzene rings is 1. The highest BCUT2D eigenvalue weighted by molar-refractivity contribution is 5.85. The summed E-state index contributed by atoms with van der Waals surface area (Å²) in [5, 5.41) is 11.6. The normalized spacial score (nSPS) is 14.6. The van der Waals surface area contributed by atoms with Crippen LogP contribution in [0.1, 0.15) is 25.0 Å². The quantitative estimate of drug-likeness (QED) is 0.852. The third kappa shape index (κ3) is 3.29. The van der Waals surface area contributed by atoms with Gasteiger partial charge in [-0.1, -0.05) is 26.0 Å². The molecule has 2 N–H and O–H groups in total. The van der Waals surface area contributed by atoms with Gasteiger partial charge in [-0.05, 0) is 23.1 Å². The maximum Gasteiger partial charge on any atom is 0.326 e. The van der Waals surface area contributed by atoms with Crippen LogP contribution < -0.4 is 10.1 Å². The summed E-state index contributed by atoms with van der Waals surface area (Å²) in [4.78, 5) is 23.0. The minimum atomic E-state index is -1.00. The van der Waals surface area contributed by atoms with Crippen molar-refractivity contribution in [3.8, 4) is 5.75 Å². The van der Waals surface area contributed by atoms with Crippen LogP contribution in [0, 0.1) is 5.92 Å². The Labute approximate surface area is 117 Å². The van der Waals surface area contributed by atoms with Gasteiger partial charge in [0, 0.05) is 6.42 Å². The van der Waals surface area contributed by atoms with Gasteiger partial charge in [-0.3, -0.25) is 4.79 Å². The van der Waals surface area contributed by atoms with Crippen LogP contribution in [-0.4, -0.2) is 29.6 Å². The van der Waals surface area contributed by atoms with Gasteiger partial charge in [0.2, 0.25) is 5.91 Å². The highest BCUT2D eigenvalue weighted by Crippen LogP contribution is 2.25. The summed E-state index contributed by atoms with van der Waals surface area (Å²) in [7, 11) is 0. The molecule has 108 valence electrons. The molecule has 1 aromatic rings. The van der Waals surface area contributed by atoms with Gasteiger partial charge in [0.25, 0.3) is 0 Å². The Morgan fingerprint density at radius 3 is 2.80 bits per heavy atom. The van der Waals surface area contributed by atoms with Gasteiger partial charge in [0.05, 0.1) is 13.0 Å². The van der Waals surface area contributed by atoms with Crippen molar-refractivity contribution >= 4 is 11.9 Å². The van der Waals surface area contributed by atoms with Gasteiger partial charge in [-0.25, -0.2) is 4.79 Å². The molecule has 1 amide bonds. The summed E-state index contributed by atoms with van der Waals surface area (Å²) < 4.78 is 5.41. The predicted molar refractivity (Wildman–Crippen MR) is 73.7 cm³/mol. The van der Waals surface area contributed by atoms with Crippen LogP contribution in [0.2, 0.25) is 0 Å². The van der Waals surface area contributed by atoms with E-state index in [2.05, 4.69) is 5.32 Å². The number of ether oxygens (including phenoxy) is 1. The molecule has 5 nitrogen and oxygen atoms in total. The van der Waals surface area contributed by atoms with Crippen LogP contribution in [0.4, 0.5) is 0 Å². The molecular formula is C15H19NO4. The molecule has 5 heteroatoms. The van der Waals surface area contributed by atoms with E-state index in [1.54, 1.807) is 13.8 Å². The Kier molecular flexibility index (Phi) is 4.27. The molecule has 1 aliphatic heterocycles. The van der Waals surface area contributed by atoms with E-state index >= 15 is 0 Å². The van der Waals surface area contributed by atoms with E-state index in [9.17, 15) is 9.59 Å². The van der Waals surface area contributed by atoms with Crippen molar-refractivity contribution in [3.63, 3.8) is 0 Å². The average Bonchev–Trinajstić information content (AvgIpc) is 2.82. The minimum Gasteiger partial charge on any atom is -0.493 e. The Morgan fingerprint density at radius 2 is 2.15 bits per heavy atom. The average molecular weight is 277 g/mol. The number of carboxylic acid groups (broad SMARTS) is 1. The molecule has 1 atom stereocenters. The summed E-state index contributed by atoms with van der Waals surface area (Å²) in [6, 6.07) is 4.81. The molecular weight excluding hydrogens is 258 g/mol. The molecule has 0 unspecified atom stereocenters. The van der Waals surface area contributed by atoms with E-state index in [0.717, 1.165) is 23.3 Å². The van der Waals surface area contributed by atoms with E-state index in [0.29, 0.717) is 6.61 Å². The van der Waals surface area contributed by atoms with Crippen LogP contribution in [0.3, 0.4) is 0 Å². The van der Waals surface area contributed by atoms with E-state index in [4.69, 9.17) is 9.84 Å². The van der Waals surface area contributed by atoms with E-state index in [1.165, 1.54) is 0 Å². The number of carboxylic acids is 1. The van der Waals surface area contributed by atoms with E-state index in [1.807, 2.05) is 18.2 Å². The standard InChI is InChI=1S/C15H19NO4/c1-9(2)14(15(18)19)16-13(17)8-10-3-4-12-11(7-10)5-6-20-12/h3-4,7,9,14H,5-6,8H2,1-2H3,(H,16,17)(H,18,19)/t14-/m0/s1. The number of amides is 1. The van der Waals surface area contributed by atoms with Gasteiger partial charge < -0.3 is 15.2 Å². The minimum absolute atomic E-state index is 0.148. The molecule has 0 saturated heterocycles. The van der Waals surface area contributed by atoms with Crippen LogP contribution in [0.5, 0.6) is 5.75 Å². The summed E-state index contributed by atoms with van der Waals surface area (Å²) in [5.74, 6) is -0.551. The molecule has 1 aliphatic rings. The van der Waals surface area contributed by atoms with Crippen molar-refractivity contribution in [2.45, 2.75) is 32.7 Å². The number of nitrogens with one attached hydrogen (secondary N) is 1. The van der Waals surface area contributed by atoms with Gasteiger partial charge in [-0.2, -0.15) is 0 Å². The number of rotatable bonds is 5. The lowest BCUT2D eigenvalue weighted by Gasteiger charge is -2.17. The smallest absolute Gasteiger partial charge is 0.326 e. The van der Waals surface area contributed by atoms with Gasteiger partial charge >= 0.3 is 5.97 Å². The first kappa shape index (κ1) is 14.4. The third-order valence-electron chi connectivity index (χ3n) is 3.37. The van der Waals surface area contributed by atoms with Crippen LogP contribution in [0.25, 0.3) is 0 Å². The van der Waals surface area contributed by atoms with Crippen molar-refractivity contribution in [2.75, 3.05) is 6.61 Å². The molecule has 2 rings (SSSR count). The Morgan fingerprint density at radius 1 is 1.40 bits per heavy atom. The predicted octanol–water partition coefficient (Wildman–Crippen LogP) is 1.39. The molecule has 0 spiro atoms. The van der Waals surface area contributed by atoms with Crippen LogP contribution in [0.15, 0.2) is 18.2 Å². The first-order valence-electron chi connectivity index (χ1n) is 6.74. The molecule has 1 heterocycles. The SMILES string of the molecule is CC(C)[C@H](NC(=O)Cc1ccc2c(c1)CCO2)C(=O)O. The largest absolute Gasteiger partial charge is 0.493 e. The monoisotopic (exact) mass is 277 g/mol. The third-order valence-corrected chi connectivity index (χ3v) is 3.37. The van der Waals surface area contributed by atoms with Gasteiger partial charge in [0.15, 0.2) is 0 Å². The van der Waals surface area contributed by atoms with Crippen LogP contribution in [-0.2, 0) is 22.4 Å². The van der Waals surface area contributed by atoms with Crippen molar-refractivity contribution in [1.29, 1.82) is 0 Å². The molecule has 0 bridgehead atoms. The first-order chi connectivity index (χ1) is 9.47. The number of carbonyl (C=O) groups excluding carboxylic acids is 1. The maximum atomic E-state index is 11.9. The number of fused-ring (bicyclic) bond motifs is 1. The summed E-state index contributed by atoms with van der Waals surface area (Å²) in [6.07, 6.45) is 1.04. The van der Waals surface area contributed by atoms with Crippen molar-refractivity contribution in [3.05, 3.63) is 29.3 Å². The lowest BCUT2D eigenvalue weighted by atomic mass is 10.0. The number of hydrogen-bond acceptors (Lipinski definition) is 3. The lowest BCUT2D eigenvalue weighted by Crippen LogP contribution is -2.44. The second-order valence-corrected chi connectivity index (χ2v) is 5.34. The molecule has 20 heavy (non-hydrogen) atoms. The second-order valence-electron chi connectivity index (χ2n) is 5.34. The summed E-state index contributed by atoms with van der Waals surface area (Å²) >= 11 is 0. The van der Waals surface area contributed by atoms with Gasteiger partial charge in [-0.15, -0.1) is 0 Å². The molecule has 1 aromatic carbocycles. The summed E-state index contributed by atoms with van der Waals surface area (Å²) in [5.41, 5.74) is 1.98. The zero-order chi connectivity index (χ0) is 14.7. The fourth-order valence-electron chi connectivity index (χ4n) is 2.27. The fourth-order valence-corrected chi connectivity index (χ4v) is 2.27. The molecule has 0 saturated carbocycles. The van der Waals surface area contributed by atoms with Crippen molar-refractivity contribution in [1.82, 2.24) is 5.32 Å². The Balaban J connectivity index is 1.99. The lowest BCUT2D eigenvalue weighted by molar-refractivity contribution is -0.143. The molecule has 0 radical (unpaired) electrons. The second kappa shape index (κ2) is 5.94. The zero-order valence-electron chi connectivity index (χ0n) is 11.7. The Bertz CT molecular complexity index is 525. The summed E-state index contributed by atoms with van der Waals surface area (Å²) in [6.45, 7) is 4.22. The molecule has 0 aliphatic carbocycles. The van der Waals surface area contributed by atoms with E-state index < -0.39 is 12.0 Å². The maximum absolute atomic E-state index is 11.9. The zero-order valence-corrected chi connectivity index (χ0v) is 11.7. The fraction of sp³-hybridized carbons (Fsp3) is 0.467. The number of aliphatic carboxylic acids is 1. The van der Waals surface area contributed by atoms with Crippen LogP contribution >= 0.6 is 0 Å². The molecule has 0 aromatic heterocycles. The number of hydrogen-bond donors (Lipinski definition) is 2. The molecule has 0 fully saturated rings. The first-order valence-corrected chi connectivity index (χ1v) is 6.74. The van der Waals surface area contributed by atoms with Gasteiger partial charge in [0.1, 0.15) is 11.8 Å². The topological polar surface area (TPSA) is 75.6 Å². The van der Waals surface area contributed by atoms with Crippen molar-refractivity contribution in [2.24, 2.45) is 5.92 Å². The van der Waals surface area contributed by atoms with E-state index in [-0.39, 0.29) is 18.2 Å². The Hall–Kier alpha value is -2.04. The van der Waals surface area contributed by atoms with Crippen molar-refractivity contribution < 1.29 is 19.4 Å².